The molecule has 2 nitrogen and oxygen atoms in total. The van der Waals surface area contributed by atoms with Gasteiger partial charge in [-0.15, -0.1) is 12.4 Å². The first-order valence-corrected chi connectivity index (χ1v) is 3.78. The van der Waals surface area contributed by atoms with Crippen molar-refractivity contribution in [2.45, 2.75) is 0 Å². The maximum Gasteiger partial charge on any atom is 0.337 e. The molecule has 1 N–H and O–H groups in total. The van der Waals surface area contributed by atoms with Crippen molar-refractivity contribution in [2.24, 2.45) is 0 Å². The molecule has 0 aromatic heterocycles. The molecule has 0 aliphatic carbocycles. The fraction of sp³-hybridized carbons (Fsp3) is 0. The molecule has 0 atom stereocenters. The average Bonchev–Trinajstić information content (AvgIpc) is 2.07. The highest BCUT2D eigenvalue weighted by Crippen LogP contribution is 2.14. The van der Waals surface area contributed by atoms with Crippen LogP contribution in [-0.4, -0.2) is 11.1 Å². The van der Waals surface area contributed by atoms with Gasteiger partial charge < -0.3 is 5.11 Å². The van der Waals surface area contributed by atoms with E-state index < -0.39 is 5.97 Å². The second kappa shape index (κ2) is 5.62. The van der Waals surface area contributed by atoms with Crippen LogP contribution in [0.4, 0.5) is 0 Å². The lowest BCUT2D eigenvalue weighted by atomic mass is 10.1. The smallest absolute Gasteiger partial charge is 0.337 e. The maximum atomic E-state index is 10.6. The highest BCUT2D eigenvalue weighted by molar-refractivity contribution is 6.34. The molecule has 0 spiro atoms. The summed E-state index contributed by atoms with van der Waals surface area (Å²) in [5, 5.41) is 8.67. The van der Waals surface area contributed by atoms with E-state index in [1.807, 2.05) is 6.07 Å². The predicted molar refractivity (Wildman–Crippen MR) is 55.2 cm³/mol. The summed E-state index contributed by atoms with van der Waals surface area (Å²) in [4.78, 5) is 10.6. The first-order valence-electron chi connectivity index (χ1n) is 3.35. The predicted octanol–water partition coefficient (Wildman–Crippen LogP) is 2.77. The number of hydrogen-bond donors (Lipinski definition) is 1. The molecule has 0 aliphatic rings. The van der Waals surface area contributed by atoms with Crippen molar-refractivity contribution in [1.29, 1.82) is 0 Å². The molecule has 0 unspecified atom stereocenters. The number of aliphatic carboxylic acids is 1. The molecule has 0 bridgehead atoms. The monoisotopic (exact) mass is 218 g/mol. The van der Waals surface area contributed by atoms with Gasteiger partial charge in [0.1, 0.15) is 0 Å². The summed E-state index contributed by atoms with van der Waals surface area (Å²) >= 11 is 5.35. The molecule has 0 aliphatic heterocycles. The molecule has 1 aromatic rings. The van der Waals surface area contributed by atoms with Gasteiger partial charge in [-0.05, 0) is 5.56 Å². The lowest BCUT2D eigenvalue weighted by Gasteiger charge is -1.98. The van der Waals surface area contributed by atoms with Crippen molar-refractivity contribution in [2.75, 3.05) is 0 Å². The van der Waals surface area contributed by atoms with E-state index in [9.17, 15) is 4.79 Å². The Labute approximate surface area is 87.2 Å². The maximum absolute atomic E-state index is 10.6. The molecule has 1 aromatic carbocycles. The molecule has 0 fully saturated rings. The van der Waals surface area contributed by atoms with Crippen LogP contribution in [0.25, 0.3) is 5.57 Å². The fourth-order valence-electron chi connectivity index (χ4n) is 0.851. The summed E-state index contributed by atoms with van der Waals surface area (Å²) in [5.74, 6) is -1.02. The lowest BCUT2D eigenvalue weighted by Crippen LogP contribution is -1.98. The van der Waals surface area contributed by atoms with E-state index in [-0.39, 0.29) is 18.0 Å². The normalized spacial score (nSPS) is 10.4. The molecule has 0 radical (unpaired) electrons. The van der Waals surface area contributed by atoms with Crippen LogP contribution in [0.3, 0.4) is 0 Å². The molecule has 0 saturated heterocycles. The summed E-state index contributed by atoms with van der Waals surface area (Å²) in [6.45, 7) is 0. The third-order valence-corrected chi connectivity index (χ3v) is 1.64. The van der Waals surface area contributed by atoms with Crippen LogP contribution in [0.5, 0.6) is 0 Å². The quantitative estimate of drug-likeness (QED) is 0.776. The summed E-state index contributed by atoms with van der Waals surface area (Å²) in [6, 6.07) is 8.74. The third-order valence-electron chi connectivity index (χ3n) is 1.42. The minimum absolute atomic E-state index is 0. The second-order valence-corrected chi connectivity index (χ2v) is 2.41. The van der Waals surface area contributed by atoms with Gasteiger partial charge in [0.05, 0.1) is 5.57 Å². The zero-order valence-corrected chi connectivity index (χ0v) is 8.18. The Hall–Kier alpha value is -0.990. The molecule has 70 valence electrons. The number of rotatable bonds is 2. The van der Waals surface area contributed by atoms with Gasteiger partial charge in [0.2, 0.25) is 0 Å². The van der Waals surface area contributed by atoms with E-state index in [1.54, 1.807) is 24.3 Å². The molecular weight excluding hydrogens is 211 g/mol. The summed E-state index contributed by atoms with van der Waals surface area (Å²) in [6.07, 6.45) is 0. The van der Waals surface area contributed by atoms with Crippen molar-refractivity contribution in [3.63, 3.8) is 0 Å². The van der Waals surface area contributed by atoms with Crippen molar-refractivity contribution in [3.8, 4) is 0 Å². The minimum atomic E-state index is -1.02. The first-order chi connectivity index (χ1) is 5.75. The zero-order valence-electron chi connectivity index (χ0n) is 6.61. The Kier molecular flexibility index (Phi) is 5.19. The fourth-order valence-corrected chi connectivity index (χ4v) is 1.07. The number of benzene rings is 1. The van der Waals surface area contributed by atoms with Gasteiger partial charge in [-0.3, -0.25) is 0 Å². The van der Waals surface area contributed by atoms with E-state index in [0.29, 0.717) is 5.56 Å². The summed E-state index contributed by atoms with van der Waals surface area (Å²) in [7, 11) is 0. The van der Waals surface area contributed by atoms with Crippen LogP contribution in [0.2, 0.25) is 0 Å². The van der Waals surface area contributed by atoms with Crippen molar-refractivity contribution >= 4 is 35.6 Å². The van der Waals surface area contributed by atoms with E-state index in [4.69, 9.17) is 16.7 Å². The van der Waals surface area contributed by atoms with Crippen molar-refractivity contribution < 1.29 is 9.90 Å². The Bertz CT molecular complexity index is 307. The molecule has 0 amide bonds. The standard InChI is InChI=1S/C9H7ClO2.ClH/c10-6-8(9(11)12)7-4-2-1-3-5-7;/h1-6H,(H,11,12);1H. The first kappa shape index (κ1) is 12.0. The van der Waals surface area contributed by atoms with Gasteiger partial charge in [0, 0.05) is 5.54 Å². The van der Waals surface area contributed by atoms with Crippen LogP contribution in [0.1, 0.15) is 5.56 Å². The van der Waals surface area contributed by atoms with Gasteiger partial charge in [0.15, 0.2) is 0 Å². The van der Waals surface area contributed by atoms with Crippen LogP contribution in [-0.2, 0) is 4.79 Å². The molecule has 4 heteroatoms. The topological polar surface area (TPSA) is 37.3 Å². The number of halogens is 2. The number of carboxylic acids is 1. The van der Waals surface area contributed by atoms with E-state index in [1.165, 1.54) is 0 Å². The highest BCUT2D eigenvalue weighted by Gasteiger charge is 2.07. The van der Waals surface area contributed by atoms with Gasteiger partial charge in [-0.1, -0.05) is 41.9 Å². The minimum Gasteiger partial charge on any atom is -0.478 e. The molecule has 1 rings (SSSR count). The third kappa shape index (κ3) is 3.09. The molecule has 0 saturated carbocycles. The average molecular weight is 219 g/mol. The molecule has 0 heterocycles. The summed E-state index contributed by atoms with van der Waals surface area (Å²) in [5.41, 5.74) is 1.79. The van der Waals surface area contributed by atoms with E-state index in [2.05, 4.69) is 0 Å². The van der Waals surface area contributed by atoms with Crippen LogP contribution in [0.15, 0.2) is 35.9 Å². The van der Waals surface area contributed by atoms with Crippen LogP contribution >= 0.6 is 24.0 Å². The van der Waals surface area contributed by atoms with Gasteiger partial charge in [0.25, 0.3) is 0 Å². The SMILES string of the molecule is Cl.O=C(O)C(=CCl)c1ccccc1. The lowest BCUT2D eigenvalue weighted by molar-refractivity contribution is -0.130. The molecule has 13 heavy (non-hydrogen) atoms. The second-order valence-electron chi connectivity index (χ2n) is 2.19. The molecular formula is C9H8Cl2O2. The number of hydrogen-bond acceptors (Lipinski definition) is 1. The van der Waals surface area contributed by atoms with E-state index >= 15 is 0 Å². The van der Waals surface area contributed by atoms with Crippen LogP contribution < -0.4 is 0 Å². The Morgan fingerprint density at radius 3 is 2.23 bits per heavy atom. The van der Waals surface area contributed by atoms with Gasteiger partial charge >= 0.3 is 5.97 Å². The van der Waals surface area contributed by atoms with Gasteiger partial charge in [-0.2, -0.15) is 0 Å². The zero-order chi connectivity index (χ0) is 8.97. The number of carbonyl (C=O) groups is 1. The van der Waals surface area contributed by atoms with Crippen LogP contribution in [0, 0.1) is 0 Å². The Balaban J connectivity index is 0.00000144. The van der Waals surface area contributed by atoms with Crippen molar-refractivity contribution in [3.05, 3.63) is 41.4 Å². The number of carboxylic acid groups (broad SMARTS) is 1. The highest BCUT2D eigenvalue weighted by atomic mass is 35.5. The summed E-state index contributed by atoms with van der Waals surface area (Å²) < 4.78 is 0. The Morgan fingerprint density at radius 2 is 1.85 bits per heavy atom. The largest absolute Gasteiger partial charge is 0.478 e. The van der Waals surface area contributed by atoms with Crippen molar-refractivity contribution in [1.82, 2.24) is 0 Å². The Morgan fingerprint density at radius 1 is 1.31 bits per heavy atom. The van der Waals surface area contributed by atoms with E-state index in [0.717, 1.165) is 5.54 Å². The van der Waals surface area contributed by atoms with Gasteiger partial charge in [-0.25, -0.2) is 4.79 Å².